The van der Waals surface area contributed by atoms with E-state index < -0.39 is 21.6 Å². The molecule has 32 heavy (non-hydrogen) atoms. The van der Waals surface area contributed by atoms with Crippen LogP contribution in [0.1, 0.15) is 43.2 Å². The van der Waals surface area contributed by atoms with Crippen LogP contribution in [0, 0.1) is 11.3 Å². The Bertz CT molecular complexity index is 1160. The third-order valence-electron chi connectivity index (χ3n) is 6.53. The van der Waals surface area contributed by atoms with Crippen molar-refractivity contribution < 1.29 is 13.2 Å². The third kappa shape index (κ3) is 4.29. The summed E-state index contributed by atoms with van der Waals surface area (Å²) < 4.78 is 25.9. The van der Waals surface area contributed by atoms with E-state index >= 15 is 0 Å². The largest absolute Gasteiger partial charge is 0.338 e. The molecule has 0 bridgehead atoms. The Morgan fingerprint density at radius 1 is 1.16 bits per heavy atom. The minimum absolute atomic E-state index is 0.238. The Morgan fingerprint density at radius 3 is 2.47 bits per heavy atom. The Kier molecular flexibility index (Phi) is 6.08. The summed E-state index contributed by atoms with van der Waals surface area (Å²) in [4.78, 5) is 13.0. The van der Waals surface area contributed by atoms with Crippen LogP contribution in [0.5, 0.6) is 0 Å². The Morgan fingerprint density at radius 2 is 1.81 bits per heavy atom. The standard InChI is InChI=1S/C24H28N4O3S/c1-28-16-20-14-19(9-10-22(20)32(28,30)31)18-7-5-17(6-8-18)13-21(15-25)27-23(29)24(26)11-3-2-4-12-24/h5-10,14,21H,2-4,11-13,16,26H2,1H3,(H,27,29). The van der Waals surface area contributed by atoms with Crippen LogP contribution in [0.2, 0.25) is 0 Å². The summed E-state index contributed by atoms with van der Waals surface area (Å²) >= 11 is 0. The molecular weight excluding hydrogens is 424 g/mol. The third-order valence-corrected chi connectivity index (χ3v) is 8.43. The van der Waals surface area contributed by atoms with E-state index in [2.05, 4.69) is 11.4 Å². The van der Waals surface area contributed by atoms with Gasteiger partial charge >= 0.3 is 0 Å². The minimum atomic E-state index is -3.37. The molecule has 0 spiro atoms. The summed E-state index contributed by atoms with van der Waals surface area (Å²) in [6, 6.07) is 14.7. The van der Waals surface area contributed by atoms with E-state index in [9.17, 15) is 18.5 Å². The number of nitrogens with zero attached hydrogens (tertiary/aromatic N) is 2. The van der Waals surface area contributed by atoms with E-state index in [-0.39, 0.29) is 5.91 Å². The van der Waals surface area contributed by atoms with Gasteiger partial charge in [-0.2, -0.15) is 9.57 Å². The fraction of sp³-hybridized carbons (Fsp3) is 0.417. The molecule has 0 aromatic heterocycles. The highest BCUT2D eigenvalue weighted by atomic mass is 32.2. The zero-order valence-electron chi connectivity index (χ0n) is 18.2. The number of carbonyl (C=O) groups is 1. The van der Waals surface area contributed by atoms with Crippen molar-refractivity contribution in [1.29, 1.82) is 5.26 Å². The average Bonchev–Trinajstić information content (AvgIpc) is 3.01. The van der Waals surface area contributed by atoms with Gasteiger partial charge in [0.05, 0.1) is 16.5 Å². The number of rotatable bonds is 5. The maximum absolute atomic E-state index is 12.6. The van der Waals surface area contributed by atoms with Crippen molar-refractivity contribution in [3.63, 3.8) is 0 Å². The van der Waals surface area contributed by atoms with Gasteiger partial charge in [-0.1, -0.05) is 49.6 Å². The molecule has 8 heteroatoms. The summed E-state index contributed by atoms with van der Waals surface area (Å²) in [5.74, 6) is -0.238. The molecule has 2 aromatic rings. The number of sulfonamides is 1. The van der Waals surface area contributed by atoms with Crippen LogP contribution in [0.3, 0.4) is 0 Å². The topological polar surface area (TPSA) is 116 Å². The number of benzene rings is 2. The maximum Gasteiger partial charge on any atom is 0.243 e. The molecule has 1 fully saturated rings. The lowest BCUT2D eigenvalue weighted by molar-refractivity contribution is -0.127. The quantitative estimate of drug-likeness (QED) is 0.723. The van der Waals surface area contributed by atoms with Gasteiger partial charge in [-0.05, 0) is 47.2 Å². The van der Waals surface area contributed by atoms with Gasteiger partial charge in [0.25, 0.3) is 0 Å². The van der Waals surface area contributed by atoms with Crippen molar-refractivity contribution >= 4 is 15.9 Å². The molecular formula is C24H28N4O3S. The normalized spacial score (nSPS) is 20.2. The first-order chi connectivity index (χ1) is 15.2. The van der Waals surface area contributed by atoms with Gasteiger partial charge in [0.15, 0.2) is 0 Å². The number of amides is 1. The zero-order valence-corrected chi connectivity index (χ0v) is 19.0. The average molecular weight is 453 g/mol. The van der Waals surface area contributed by atoms with Crippen molar-refractivity contribution in [2.75, 3.05) is 7.05 Å². The maximum atomic E-state index is 12.6. The lowest BCUT2D eigenvalue weighted by Gasteiger charge is -2.32. The minimum Gasteiger partial charge on any atom is -0.338 e. The van der Waals surface area contributed by atoms with Gasteiger partial charge in [0.2, 0.25) is 15.9 Å². The molecule has 1 saturated carbocycles. The number of nitriles is 1. The number of hydrogen-bond donors (Lipinski definition) is 2. The van der Waals surface area contributed by atoms with Crippen LogP contribution in [-0.4, -0.2) is 37.3 Å². The fourth-order valence-corrected chi connectivity index (χ4v) is 5.88. The second kappa shape index (κ2) is 8.66. The van der Waals surface area contributed by atoms with Crippen LogP contribution in [0.15, 0.2) is 47.4 Å². The second-order valence-corrected chi connectivity index (χ2v) is 10.9. The summed E-state index contributed by atoms with van der Waals surface area (Å²) in [5.41, 5.74) is 9.04. The molecule has 2 aromatic carbocycles. The Hall–Kier alpha value is -2.73. The Labute approximate surface area is 189 Å². The number of nitrogens with two attached hydrogens (primary N) is 1. The molecule has 1 aliphatic carbocycles. The van der Waals surface area contributed by atoms with E-state index in [1.165, 1.54) is 4.31 Å². The highest BCUT2D eigenvalue weighted by molar-refractivity contribution is 7.89. The molecule has 1 atom stereocenters. The monoisotopic (exact) mass is 452 g/mol. The van der Waals surface area contributed by atoms with Gasteiger partial charge in [-0.25, -0.2) is 8.42 Å². The molecule has 1 amide bonds. The van der Waals surface area contributed by atoms with Crippen LogP contribution >= 0.6 is 0 Å². The van der Waals surface area contributed by atoms with Crippen molar-refractivity contribution in [2.45, 2.75) is 61.5 Å². The number of fused-ring (bicyclic) bond motifs is 1. The molecule has 0 saturated heterocycles. The second-order valence-electron chi connectivity index (χ2n) is 8.86. The number of nitrogens with one attached hydrogen (secondary N) is 1. The lowest BCUT2D eigenvalue weighted by Crippen LogP contribution is -2.57. The summed E-state index contributed by atoms with van der Waals surface area (Å²) in [7, 11) is -1.79. The van der Waals surface area contributed by atoms with Gasteiger partial charge < -0.3 is 11.1 Å². The van der Waals surface area contributed by atoms with Crippen molar-refractivity contribution in [1.82, 2.24) is 9.62 Å². The first-order valence-corrected chi connectivity index (χ1v) is 12.3. The van der Waals surface area contributed by atoms with Gasteiger partial charge in [0.1, 0.15) is 6.04 Å². The first kappa shape index (κ1) is 22.5. The van der Waals surface area contributed by atoms with Crippen molar-refractivity contribution in [2.24, 2.45) is 5.73 Å². The highest BCUT2D eigenvalue weighted by Gasteiger charge is 2.36. The first-order valence-electron chi connectivity index (χ1n) is 10.9. The molecule has 7 nitrogen and oxygen atoms in total. The van der Waals surface area contributed by atoms with E-state index in [0.717, 1.165) is 41.5 Å². The molecule has 1 unspecified atom stereocenters. The van der Waals surface area contributed by atoms with E-state index in [0.29, 0.717) is 30.7 Å². The van der Waals surface area contributed by atoms with Crippen LogP contribution in [0.4, 0.5) is 0 Å². The van der Waals surface area contributed by atoms with E-state index in [1.54, 1.807) is 13.1 Å². The van der Waals surface area contributed by atoms with Crippen molar-refractivity contribution in [3.05, 3.63) is 53.6 Å². The van der Waals surface area contributed by atoms with Gasteiger partial charge in [0, 0.05) is 20.0 Å². The fourth-order valence-electron chi connectivity index (χ4n) is 4.54. The zero-order chi connectivity index (χ0) is 22.9. The molecule has 1 aliphatic heterocycles. The molecule has 2 aliphatic rings. The summed E-state index contributed by atoms with van der Waals surface area (Å²) in [6.45, 7) is 0.371. The number of hydrogen-bond acceptors (Lipinski definition) is 5. The smallest absolute Gasteiger partial charge is 0.243 e. The molecule has 4 rings (SSSR count). The van der Waals surface area contributed by atoms with E-state index in [1.807, 2.05) is 36.4 Å². The van der Waals surface area contributed by atoms with Gasteiger partial charge in [-0.15, -0.1) is 0 Å². The molecule has 0 radical (unpaired) electrons. The molecule has 168 valence electrons. The summed E-state index contributed by atoms with van der Waals surface area (Å²) in [6.07, 6.45) is 4.68. The SMILES string of the molecule is CN1Cc2cc(-c3ccc(CC(C#N)NC(=O)C4(N)CCCCC4)cc3)ccc2S1(=O)=O. The van der Waals surface area contributed by atoms with Crippen LogP contribution in [0.25, 0.3) is 11.1 Å². The predicted octanol–water partition coefficient (Wildman–Crippen LogP) is 2.70. The lowest BCUT2D eigenvalue weighted by atomic mass is 9.81. The molecule has 1 heterocycles. The van der Waals surface area contributed by atoms with Crippen molar-refractivity contribution in [3.8, 4) is 17.2 Å². The highest BCUT2D eigenvalue weighted by Crippen LogP contribution is 2.32. The number of carbonyl (C=O) groups excluding carboxylic acids is 1. The van der Waals surface area contributed by atoms with Crippen LogP contribution in [-0.2, 0) is 27.8 Å². The van der Waals surface area contributed by atoms with Crippen LogP contribution < -0.4 is 11.1 Å². The van der Waals surface area contributed by atoms with Gasteiger partial charge in [-0.3, -0.25) is 4.79 Å². The van der Waals surface area contributed by atoms with E-state index in [4.69, 9.17) is 5.73 Å². The Balaban J connectivity index is 1.44. The molecule has 3 N–H and O–H groups in total. The predicted molar refractivity (Wildman–Crippen MR) is 122 cm³/mol. The summed E-state index contributed by atoms with van der Waals surface area (Å²) in [5, 5.41) is 12.4.